The third-order valence-electron chi connectivity index (χ3n) is 10.1. The predicted octanol–water partition coefficient (Wildman–Crippen LogP) is 6.46. The average molecular weight is 951 g/mol. The molecule has 0 atom stereocenters. The number of methoxy groups -OCH3 is 3. The second kappa shape index (κ2) is 20.5. The maximum Gasteiger partial charge on any atom is 0.413 e. The largest absolute Gasteiger partial charge is 0.497 e. The van der Waals surface area contributed by atoms with Crippen molar-refractivity contribution in [2.45, 2.75) is 62.2 Å². The second-order valence-corrected chi connectivity index (χ2v) is 19.7. The highest BCUT2D eigenvalue weighted by Crippen LogP contribution is 2.41. The molecule has 0 saturated heterocycles. The van der Waals surface area contributed by atoms with E-state index in [1.165, 1.54) is 54.0 Å². The van der Waals surface area contributed by atoms with Crippen molar-refractivity contribution in [3.63, 3.8) is 0 Å². The van der Waals surface area contributed by atoms with Gasteiger partial charge < -0.3 is 23.9 Å². The Kier molecular flexibility index (Phi) is 14.6. The van der Waals surface area contributed by atoms with Gasteiger partial charge in [-0.1, -0.05) is 42.5 Å². The lowest BCUT2D eigenvalue weighted by Gasteiger charge is -2.26. The maximum atomic E-state index is 15.9. The molecule has 0 spiro atoms. The molecule has 3 aromatic heterocycles. The van der Waals surface area contributed by atoms with Crippen molar-refractivity contribution in [2.24, 2.45) is 0 Å². The van der Waals surface area contributed by atoms with E-state index in [1.54, 1.807) is 101 Å². The maximum absolute atomic E-state index is 15.9. The number of hydrogen-bond acceptors (Lipinski definition) is 14. The third-order valence-corrected chi connectivity index (χ3v) is 13.6. The summed E-state index contributed by atoms with van der Waals surface area (Å²) in [5.74, 6) is 1.70. The summed E-state index contributed by atoms with van der Waals surface area (Å²) in [6.45, 7) is 4.80. The van der Waals surface area contributed by atoms with Crippen molar-refractivity contribution < 1.29 is 40.6 Å². The molecule has 0 bridgehead atoms. The number of ether oxygens (including phenoxy) is 4. The van der Waals surface area contributed by atoms with Crippen LogP contribution in [-0.4, -0.2) is 95.9 Å². The number of hydrogen-bond donors (Lipinski definition) is 3. The molecule has 19 nitrogen and oxygen atoms in total. The summed E-state index contributed by atoms with van der Waals surface area (Å²) in [6, 6.07) is 26.7. The molecule has 0 fully saturated rings. The van der Waals surface area contributed by atoms with Crippen molar-refractivity contribution in [3.05, 3.63) is 138 Å². The van der Waals surface area contributed by atoms with Gasteiger partial charge in [-0.05, 0) is 103 Å². The second-order valence-electron chi connectivity index (χ2n) is 16.0. The quantitative estimate of drug-likeness (QED) is 0.0790. The number of H-pyrrole nitrogens is 1. The normalized spacial score (nSPS) is 11.9. The minimum Gasteiger partial charge on any atom is -0.497 e. The molecule has 350 valence electrons. The molecule has 67 heavy (non-hydrogen) atoms. The topological polar surface area (TPSA) is 235 Å². The lowest BCUT2D eigenvalue weighted by Crippen LogP contribution is -2.34. The van der Waals surface area contributed by atoms with E-state index < -0.39 is 41.5 Å². The third kappa shape index (κ3) is 12.0. The number of tetrazole rings is 1. The van der Waals surface area contributed by atoms with Crippen LogP contribution in [0.25, 0.3) is 22.5 Å². The van der Waals surface area contributed by atoms with E-state index in [9.17, 15) is 13.2 Å². The zero-order valence-corrected chi connectivity index (χ0v) is 39.3. The predicted molar refractivity (Wildman–Crippen MR) is 248 cm³/mol. The minimum atomic E-state index is -4.91. The zero-order chi connectivity index (χ0) is 47.8. The smallest absolute Gasteiger partial charge is 0.413 e. The molecule has 7 aromatic rings. The van der Waals surface area contributed by atoms with Crippen LogP contribution in [0, 0.1) is 0 Å². The first-order valence-electron chi connectivity index (χ1n) is 20.8. The number of sulfonamides is 2. The molecule has 3 N–H and O–H groups in total. The lowest BCUT2D eigenvalue weighted by molar-refractivity contribution is 0.0635. The molecule has 0 saturated carbocycles. The molecule has 0 unspecified atom stereocenters. The number of nitrogens with zero attached hydrogens (tertiary/aromatic N) is 7. The standard InChI is InChI=1S/C46H50N10O9S2/c1-46(2,3)65-45(57)51-41-22-13-34(25-48-41)39-20-21-40(66(58,59)50-24-23-35-26-47-30-49-35)43(42(39)44-52-54-56(53-44)29-33-11-18-38(64-6)19-12-33)67(60,61)55(27-31-7-14-36(62-4)15-8-31)28-32-9-16-37(63-5)17-10-32/h7-22,25-26,30,50H,23-24,27-29H2,1-6H3,(H,47,49)(H,48,51,57). The van der Waals surface area contributed by atoms with Crippen molar-refractivity contribution in [1.82, 2.24) is 44.2 Å². The van der Waals surface area contributed by atoms with Gasteiger partial charge in [0, 0.05) is 44.0 Å². The zero-order valence-electron chi connectivity index (χ0n) is 37.6. The van der Waals surface area contributed by atoms with Crippen LogP contribution < -0.4 is 24.2 Å². The number of aromatic nitrogens is 7. The fourth-order valence-corrected chi connectivity index (χ4v) is 10.3. The molecular formula is C46H50N10O9S2. The van der Waals surface area contributed by atoms with Crippen molar-refractivity contribution in [1.29, 1.82) is 0 Å². The lowest BCUT2D eigenvalue weighted by atomic mass is 10.0. The highest BCUT2D eigenvalue weighted by molar-refractivity contribution is 7.92. The minimum absolute atomic E-state index is 0.114. The number of amides is 1. The number of imidazole rings is 1. The summed E-state index contributed by atoms with van der Waals surface area (Å²) < 4.78 is 86.5. The summed E-state index contributed by atoms with van der Waals surface area (Å²) >= 11 is 0. The Balaban J connectivity index is 1.43. The van der Waals surface area contributed by atoms with E-state index in [0.29, 0.717) is 39.6 Å². The van der Waals surface area contributed by atoms with E-state index in [1.807, 2.05) is 12.1 Å². The number of pyridine rings is 1. The number of nitrogens with one attached hydrogen (secondary N) is 3. The van der Waals surface area contributed by atoms with Crippen LogP contribution in [0.4, 0.5) is 10.6 Å². The molecular weight excluding hydrogens is 901 g/mol. The van der Waals surface area contributed by atoms with Crippen LogP contribution in [0.2, 0.25) is 0 Å². The summed E-state index contributed by atoms with van der Waals surface area (Å²) in [4.78, 5) is 24.2. The van der Waals surface area contributed by atoms with Gasteiger partial charge in [0.25, 0.3) is 0 Å². The van der Waals surface area contributed by atoms with Crippen LogP contribution in [0.3, 0.4) is 0 Å². The van der Waals surface area contributed by atoms with E-state index in [2.05, 4.69) is 40.4 Å². The Labute approximate surface area is 388 Å². The molecule has 3 heterocycles. The monoisotopic (exact) mass is 950 g/mol. The number of carbonyl (C=O) groups is 1. The molecule has 21 heteroatoms. The summed E-state index contributed by atoms with van der Waals surface area (Å²) in [5.41, 5.74) is 2.12. The Hall–Kier alpha value is -7.20. The molecule has 0 aliphatic carbocycles. The van der Waals surface area contributed by atoms with Crippen LogP contribution >= 0.6 is 0 Å². The molecule has 1 amide bonds. The highest BCUT2D eigenvalue weighted by atomic mass is 32.2. The van der Waals surface area contributed by atoms with Gasteiger partial charge in [0.2, 0.25) is 25.9 Å². The van der Waals surface area contributed by atoms with Crippen LogP contribution in [-0.2, 0) is 50.8 Å². The van der Waals surface area contributed by atoms with Gasteiger partial charge >= 0.3 is 6.09 Å². The Morgan fingerprint density at radius 2 is 1.36 bits per heavy atom. The SMILES string of the molecule is COc1ccc(CN(Cc2ccc(OC)cc2)S(=O)(=O)c2c(S(=O)(=O)NCCc3c[nH]cn3)ccc(-c3ccc(NC(=O)OC(C)(C)C)nc3)c2-c2nnn(Cc3ccc(OC)cc3)n2)cc1. The number of rotatable bonds is 19. The average Bonchev–Trinajstić information content (AvgIpc) is 4.01. The highest BCUT2D eigenvalue weighted by Gasteiger charge is 2.38. The van der Waals surface area contributed by atoms with Crippen LogP contribution in [0.1, 0.15) is 43.2 Å². The molecule has 0 radical (unpaired) electrons. The number of aromatic amines is 1. The van der Waals surface area contributed by atoms with E-state index >= 15 is 8.42 Å². The first-order chi connectivity index (χ1) is 32.0. The van der Waals surface area contributed by atoms with Crippen molar-refractivity contribution in [3.8, 4) is 39.8 Å². The van der Waals surface area contributed by atoms with E-state index in [0.717, 1.165) is 5.56 Å². The molecule has 0 aliphatic rings. The van der Waals surface area contributed by atoms with Gasteiger partial charge in [-0.2, -0.15) is 9.10 Å². The number of anilines is 1. The molecule has 0 aliphatic heterocycles. The van der Waals surface area contributed by atoms with Gasteiger partial charge in [0.05, 0.1) is 45.5 Å². The van der Waals surface area contributed by atoms with Gasteiger partial charge in [0.15, 0.2) is 0 Å². The van der Waals surface area contributed by atoms with Crippen molar-refractivity contribution in [2.75, 3.05) is 33.2 Å². The fourth-order valence-electron chi connectivity index (χ4n) is 6.88. The first-order valence-corrected chi connectivity index (χ1v) is 23.8. The Bertz CT molecular complexity index is 2950. The Morgan fingerprint density at radius 1 is 0.761 bits per heavy atom. The fraction of sp³-hybridized carbons (Fsp3) is 0.261. The van der Waals surface area contributed by atoms with Crippen LogP contribution in [0.5, 0.6) is 17.2 Å². The van der Waals surface area contributed by atoms with Crippen LogP contribution in [0.15, 0.2) is 126 Å². The first kappa shape index (κ1) is 47.8. The van der Waals surface area contributed by atoms with Crippen molar-refractivity contribution >= 4 is 32.0 Å². The summed E-state index contributed by atoms with van der Waals surface area (Å²) in [7, 11) is -4.94. The molecule has 7 rings (SSSR count). The van der Waals surface area contributed by atoms with Gasteiger partial charge in [0.1, 0.15) is 38.5 Å². The van der Waals surface area contributed by atoms with E-state index in [4.69, 9.17) is 18.9 Å². The van der Waals surface area contributed by atoms with Gasteiger partial charge in [-0.25, -0.2) is 36.3 Å². The summed E-state index contributed by atoms with van der Waals surface area (Å²) in [6.07, 6.45) is 3.99. The van der Waals surface area contributed by atoms with E-state index in [-0.39, 0.29) is 55.4 Å². The summed E-state index contributed by atoms with van der Waals surface area (Å²) in [5, 5.41) is 16.0. The van der Waals surface area contributed by atoms with Gasteiger partial charge in [-0.15, -0.1) is 10.2 Å². The number of carbonyl (C=O) groups excluding carboxylic acids is 1. The number of benzene rings is 4. The van der Waals surface area contributed by atoms with Gasteiger partial charge in [-0.3, -0.25) is 5.32 Å². The Morgan fingerprint density at radius 3 is 1.88 bits per heavy atom. The molecule has 4 aromatic carbocycles.